The van der Waals surface area contributed by atoms with E-state index in [1.807, 2.05) is 6.92 Å². The normalized spacial score (nSPS) is 16.1. The highest BCUT2D eigenvalue weighted by molar-refractivity contribution is 7.17. The van der Waals surface area contributed by atoms with Gasteiger partial charge in [0.15, 0.2) is 16.6 Å². The molecule has 10 heteroatoms. The Morgan fingerprint density at radius 3 is 2.48 bits per heavy atom. The van der Waals surface area contributed by atoms with Crippen molar-refractivity contribution in [2.75, 3.05) is 24.7 Å². The van der Waals surface area contributed by atoms with Crippen molar-refractivity contribution < 1.29 is 33.7 Å². The fourth-order valence-electron chi connectivity index (χ4n) is 4.20. The van der Waals surface area contributed by atoms with Crippen molar-refractivity contribution >= 4 is 39.9 Å². The highest BCUT2D eigenvalue weighted by Gasteiger charge is 2.48. The van der Waals surface area contributed by atoms with Gasteiger partial charge in [0.25, 0.3) is 5.78 Å². The lowest BCUT2D eigenvalue weighted by Gasteiger charge is -2.24. The molecule has 0 bridgehead atoms. The number of anilines is 1. The third-order valence-corrected chi connectivity index (χ3v) is 7.08. The van der Waals surface area contributed by atoms with Crippen LogP contribution in [0.3, 0.4) is 0 Å². The van der Waals surface area contributed by atoms with Crippen molar-refractivity contribution in [3.63, 3.8) is 0 Å². The summed E-state index contributed by atoms with van der Waals surface area (Å²) in [7, 11) is 0. The van der Waals surface area contributed by atoms with Crippen molar-refractivity contribution in [2.24, 2.45) is 0 Å². The molecule has 0 spiro atoms. The first-order chi connectivity index (χ1) is 19.3. The summed E-state index contributed by atoms with van der Waals surface area (Å²) in [4.78, 5) is 45.4. The molecule has 1 aliphatic heterocycles. The number of carbonyl (C=O) groups excluding carboxylic acids is 3. The van der Waals surface area contributed by atoms with Crippen molar-refractivity contribution in [3.05, 3.63) is 101 Å². The monoisotopic (exact) mass is 560 g/mol. The highest BCUT2D eigenvalue weighted by Crippen LogP contribution is 2.45. The summed E-state index contributed by atoms with van der Waals surface area (Å²) in [5.74, 6) is -1.91. The number of ketones is 1. The summed E-state index contributed by atoms with van der Waals surface area (Å²) in [6, 6.07) is 12.4. The van der Waals surface area contributed by atoms with Gasteiger partial charge in [-0.05, 0) is 31.5 Å². The molecule has 206 valence electrons. The van der Waals surface area contributed by atoms with Gasteiger partial charge in [-0.25, -0.2) is 9.78 Å². The molecule has 3 aromatic rings. The largest absolute Gasteiger partial charge is 0.507 e. The molecule has 2 heterocycles. The summed E-state index contributed by atoms with van der Waals surface area (Å²) >= 11 is 0.919. The number of aliphatic hydroxyl groups excluding tert-OH is 1. The van der Waals surface area contributed by atoms with Gasteiger partial charge < -0.3 is 19.3 Å². The molecular weight excluding hydrogens is 532 g/mol. The quantitative estimate of drug-likeness (QED) is 0.109. The van der Waals surface area contributed by atoms with Crippen LogP contribution in [0.25, 0.3) is 5.76 Å². The van der Waals surface area contributed by atoms with Crippen molar-refractivity contribution in [1.82, 2.24) is 4.98 Å². The molecule has 1 atom stereocenters. The third kappa shape index (κ3) is 5.52. The van der Waals surface area contributed by atoms with Crippen molar-refractivity contribution in [1.29, 1.82) is 0 Å². The zero-order valence-electron chi connectivity index (χ0n) is 22.1. The smallest absolute Gasteiger partial charge is 0.350 e. The summed E-state index contributed by atoms with van der Waals surface area (Å²) < 4.78 is 16.7. The first kappa shape index (κ1) is 28.3. The maximum atomic E-state index is 13.5. The third-order valence-electron chi connectivity index (χ3n) is 5.94. The standard InChI is InChI=1S/C30H28N2O7S/c1-5-15-38-21-14-13-20(17-22(21)37-7-3)24-23(25(33)19-11-9-8-10-12-19)26(34)28(35)32(24)30-31-18(4)27(40-30)29(36)39-16-6-2/h5-6,8-14,17,24,33H,1-2,7,15-16H2,3-4H3. The lowest BCUT2D eigenvalue weighted by atomic mass is 9.95. The molecule has 0 saturated carbocycles. The summed E-state index contributed by atoms with van der Waals surface area (Å²) in [5.41, 5.74) is 1.04. The van der Waals surface area contributed by atoms with E-state index in [-0.39, 0.29) is 34.6 Å². The van der Waals surface area contributed by atoms with Crippen LogP contribution in [0.1, 0.15) is 39.5 Å². The number of nitrogens with zero attached hydrogens (tertiary/aromatic N) is 2. The Morgan fingerprint density at radius 1 is 1.07 bits per heavy atom. The summed E-state index contributed by atoms with van der Waals surface area (Å²) in [5, 5.41) is 11.4. The molecule has 4 rings (SSSR count). The minimum atomic E-state index is -1.07. The number of amides is 1. The van der Waals surface area contributed by atoms with Gasteiger partial charge in [0.2, 0.25) is 0 Å². The Morgan fingerprint density at radius 2 is 1.80 bits per heavy atom. The van der Waals surface area contributed by atoms with Gasteiger partial charge in [-0.3, -0.25) is 14.5 Å². The molecule has 1 N–H and O–H groups in total. The number of Topliss-reactive ketones (excluding diaryl/α,β-unsaturated/α-hetero) is 1. The first-order valence-corrected chi connectivity index (χ1v) is 13.3. The minimum Gasteiger partial charge on any atom is -0.507 e. The second-order valence-corrected chi connectivity index (χ2v) is 9.55. The van der Waals surface area contributed by atoms with Crippen molar-refractivity contribution in [3.8, 4) is 11.5 Å². The number of aryl methyl sites for hydroxylation is 1. The predicted molar refractivity (Wildman–Crippen MR) is 152 cm³/mol. The molecule has 1 aliphatic rings. The topological polar surface area (TPSA) is 115 Å². The van der Waals surface area contributed by atoms with E-state index in [2.05, 4.69) is 18.1 Å². The zero-order chi connectivity index (χ0) is 28.8. The van der Waals surface area contributed by atoms with E-state index in [0.29, 0.717) is 34.9 Å². The van der Waals surface area contributed by atoms with Crippen LogP contribution < -0.4 is 14.4 Å². The van der Waals surface area contributed by atoms with Crippen LogP contribution in [0.2, 0.25) is 0 Å². The van der Waals surface area contributed by atoms with Gasteiger partial charge in [0, 0.05) is 5.56 Å². The number of hydrogen-bond acceptors (Lipinski definition) is 9. The van der Waals surface area contributed by atoms with E-state index in [1.165, 1.54) is 11.0 Å². The zero-order valence-corrected chi connectivity index (χ0v) is 22.9. The fourth-order valence-corrected chi connectivity index (χ4v) is 5.19. The van der Waals surface area contributed by atoms with Gasteiger partial charge in [-0.1, -0.05) is 73.0 Å². The van der Waals surface area contributed by atoms with E-state index < -0.39 is 23.7 Å². The second kappa shape index (κ2) is 12.4. The van der Waals surface area contributed by atoms with Gasteiger partial charge in [-0.15, -0.1) is 0 Å². The van der Waals surface area contributed by atoms with E-state index in [0.717, 1.165) is 11.3 Å². The number of ether oxygens (including phenoxy) is 3. The molecule has 0 radical (unpaired) electrons. The minimum absolute atomic E-state index is 0.00752. The van der Waals surface area contributed by atoms with E-state index in [4.69, 9.17) is 14.2 Å². The molecule has 2 aromatic carbocycles. The maximum absolute atomic E-state index is 13.5. The van der Waals surface area contributed by atoms with Gasteiger partial charge in [0.1, 0.15) is 23.9 Å². The van der Waals surface area contributed by atoms with Crippen LogP contribution in [0.15, 0.2) is 79.4 Å². The van der Waals surface area contributed by atoms with E-state index in [1.54, 1.807) is 61.5 Å². The Kier molecular flexibility index (Phi) is 8.80. The first-order valence-electron chi connectivity index (χ1n) is 12.4. The summed E-state index contributed by atoms with van der Waals surface area (Å²) in [6.45, 7) is 11.2. The van der Waals surface area contributed by atoms with Gasteiger partial charge in [0.05, 0.1) is 23.9 Å². The molecular formula is C30H28N2O7S. The predicted octanol–water partition coefficient (Wildman–Crippen LogP) is 5.38. The molecule has 1 saturated heterocycles. The van der Waals surface area contributed by atoms with Crippen molar-refractivity contribution in [2.45, 2.75) is 19.9 Å². The van der Waals surface area contributed by atoms with E-state index in [9.17, 15) is 19.5 Å². The van der Waals surface area contributed by atoms with Gasteiger partial charge in [-0.2, -0.15) is 0 Å². The number of esters is 1. The van der Waals surface area contributed by atoms with Gasteiger partial charge >= 0.3 is 11.9 Å². The molecule has 1 amide bonds. The van der Waals surface area contributed by atoms with Crippen LogP contribution >= 0.6 is 11.3 Å². The number of rotatable bonds is 11. The molecule has 1 unspecified atom stereocenters. The number of aromatic nitrogens is 1. The van der Waals surface area contributed by atoms with Crippen LogP contribution in [-0.2, 0) is 14.3 Å². The Balaban J connectivity index is 1.91. The lowest BCUT2D eigenvalue weighted by molar-refractivity contribution is -0.132. The molecule has 1 aromatic heterocycles. The molecule has 0 aliphatic carbocycles. The number of thiazole rings is 1. The summed E-state index contributed by atoms with van der Waals surface area (Å²) in [6.07, 6.45) is 3.04. The average molecular weight is 561 g/mol. The number of carbonyl (C=O) groups is 3. The van der Waals surface area contributed by atoms with Crippen LogP contribution in [0.4, 0.5) is 5.13 Å². The Bertz CT molecular complexity index is 1490. The molecule has 1 fully saturated rings. The molecule has 40 heavy (non-hydrogen) atoms. The number of hydrogen-bond donors (Lipinski definition) is 1. The molecule has 9 nitrogen and oxygen atoms in total. The van der Waals surface area contributed by atoms with Crippen LogP contribution in [0, 0.1) is 6.92 Å². The number of benzene rings is 2. The maximum Gasteiger partial charge on any atom is 0.350 e. The fraction of sp³-hybridized carbons (Fsp3) is 0.200. The number of aliphatic hydroxyl groups is 1. The highest BCUT2D eigenvalue weighted by atomic mass is 32.1. The average Bonchev–Trinajstić information content (AvgIpc) is 3.47. The van der Waals surface area contributed by atoms with Crippen LogP contribution in [0.5, 0.6) is 11.5 Å². The SMILES string of the molecule is C=CCOC(=O)c1sc(N2C(=O)C(=O)C(=C(O)c3ccccc3)C2c2ccc(OCC=C)c(OCC)c2)nc1C. The van der Waals surface area contributed by atoms with Crippen LogP contribution in [-0.4, -0.2) is 47.6 Å². The Labute approximate surface area is 235 Å². The second-order valence-electron chi connectivity index (χ2n) is 8.57. The Hall–Kier alpha value is -4.70. The lowest BCUT2D eigenvalue weighted by Crippen LogP contribution is -2.29. The van der Waals surface area contributed by atoms with E-state index >= 15 is 0 Å².